The molecule has 2 aromatic carbocycles. The fourth-order valence-electron chi connectivity index (χ4n) is 3.03. The Bertz CT molecular complexity index is 1100. The van der Waals surface area contributed by atoms with Gasteiger partial charge in [-0.1, -0.05) is 0 Å². The van der Waals surface area contributed by atoms with Gasteiger partial charge in [0.15, 0.2) is 0 Å². The van der Waals surface area contributed by atoms with Crippen molar-refractivity contribution in [3.63, 3.8) is 0 Å². The third kappa shape index (κ3) is 1.54. The maximum atomic E-state index is 4.96. The second-order valence-corrected chi connectivity index (χ2v) is 7.51. The van der Waals surface area contributed by atoms with Crippen LogP contribution in [0.15, 0.2) is 35.0 Å². The van der Waals surface area contributed by atoms with Gasteiger partial charge in [0.2, 0.25) is 0 Å². The lowest BCUT2D eigenvalue weighted by Gasteiger charge is -2.07. The summed E-state index contributed by atoms with van der Waals surface area (Å²) < 4.78 is 2.66. The molecule has 4 heteroatoms. The van der Waals surface area contributed by atoms with Crippen molar-refractivity contribution >= 4 is 64.9 Å². The number of aryl methyl sites for hydroxylation is 2. The van der Waals surface area contributed by atoms with E-state index in [-0.39, 0.29) is 0 Å². The first-order chi connectivity index (χ1) is 10.7. The van der Waals surface area contributed by atoms with Gasteiger partial charge in [-0.3, -0.25) is 0 Å². The number of rotatable bonds is 0. The van der Waals surface area contributed by atoms with E-state index in [1.165, 1.54) is 31.3 Å². The molecule has 0 aliphatic heterocycles. The topological polar surface area (TPSA) is 25.8 Å². The lowest BCUT2D eigenvalue weighted by molar-refractivity contribution is 1.32. The van der Waals surface area contributed by atoms with Crippen molar-refractivity contribution in [1.82, 2.24) is 9.97 Å². The highest BCUT2D eigenvalue weighted by Gasteiger charge is 2.14. The zero-order valence-corrected chi connectivity index (χ0v) is 13.8. The Balaban J connectivity index is 2.11. The SMILES string of the molecule is Cc1cc2nc3c4ccsc4c4sccc4c3nc2cc1C. The number of benzene rings is 2. The quantitative estimate of drug-likeness (QED) is 0.335. The van der Waals surface area contributed by atoms with Gasteiger partial charge in [-0.15, -0.1) is 22.7 Å². The van der Waals surface area contributed by atoms with E-state index >= 15 is 0 Å². The van der Waals surface area contributed by atoms with Crippen molar-refractivity contribution in [2.75, 3.05) is 0 Å². The van der Waals surface area contributed by atoms with Crippen molar-refractivity contribution < 1.29 is 0 Å². The normalized spacial score (nSPS) is 12.1. The lowest BCUT2D eigenvalue weighted by Crippen LogP contribution is -1.91. The molecule has 0 aliphatic rings. The zero-order chi connectivity index (χ0) is 14.8. The van der Waals surface area contributed by atoms with Gasteiger partial charge in [0, 0.05) is 10.8 Å². The van der Waals surface area contributed by atoms with Crippen LogP contribution in [0.5, 0.6) is 0 Å². The van der Waals surface area contributed by atoms with Gasteiger partial charge >= 0.3 is 0 Å². The Hall–Kier alpha value is -2.04. The molecule has 3 heterocycles. The molecular formula is C18H12N2S2. The summed E-state index contributed by atoms with van der Waals surface area (Å²) in [5.74, 6) is 0. The average Bonchev–Trinajstić information content (AvgIpc) is 3.15. The molecule has 0 saturated heterocycles. The van der Waals surface area contributed by atoms with E-state index in [1.54, 1.807) is 22.7 Å². The van der Waals surface area contributed by atoms with Gasteiger partial charge in [0.25, 0.3) is 0 Å². The van der Waals surface area contributed by atoms with E-state index < -0.39 is 0 Å². The van der Waals surface area contributed by atoms with Gasteiger partial charge < -0.3 is 0 Å². The number of fused-ring (bicyclic) bond motifs is 7. The molecular weight excluding hydrogens is 308 g/mol. The van der Waals surface area contributed by atoms with E-state index in [1.807, 2.05) is 0 Å². The predicted octanol–water partition coefficient (Wildman–Crippen LogP) is 5.83. The molecule has 0 saturated carbocycles. The summed E-state index contributed by atoms with van der Waals surface area (Å²) in [4.78, 5) is 9.92. The molecule has 0 aliphatic carbocycles. The first kappa shape index (κ1) is 12.5. The van der Waals surface area contributed by atoms with E-state index in [9.17, 15) is 0 Å². The summed E-state index contributed by atoms with van der Waals surface area (Å²) in [6.07, 6.45) is 0. The first-order valence-corrected chi connectivity index (χ1v) is 8.93. The monoisotopic (exact) mass is 320 g/mol. The molecule has 0 radical (unpaired) electrons. The fourth-order valence-corrected chi connectivity index (χ4v) is 5.02. The van der Waals surface area contributed by atoms with Crippen LogP contribution < -0.4 is 0 Å². The van der Waals surface area contributed by atoms with Gasteiger partial charge in [-0.25, -0.2) is 9.97 Å². The van der Waals surface area contributed by atoms with Gasteiger partial charge in [-0.05, 0) is 60.0 Å². The lowest BCUT2D eigenvalue weighted by atomic mass is 10.1. The van der Waals surface area contributed by atoms with Crippen LogP contribution in [0.3, 0.4) is 0 Å². The van der Waals surface area contributed by atoms with E-state index in [0.29, 0.717) is 0 Å². The van der Waals surface area contributed by atoms with Crippen LogP contribution in [0.4, 0.5) is 0 Å². The molecule has 0 atom stereocenters. The number of nitrogens with zero attached hydrogens (tertiary/aromatic N) is 2. The zero-order valence-electron chi connectivity index (χ0n) is 12.2. The van der Waals surface area contributed by atoms with Crippen molar-refractivity contribution in [1.29, 1.82) is 0 Å². The molecule has 0 spiro atoms. The highest BCUT2D eigenvalue weighted by molar-refractivity contribution is 7.25. The summed E-state index contributed by atoms with van der Waals surface area (Å²) in [5, 5.41) is 6.75. The predicted molar refractivity (Wildman–Crippen MR) is 97.3 cm³/mol. The van der Waals surface area contributed by atoms with Crippen LogP contribution in [0.2, 0.25) is 0 Å². The molecule has 0 fully saturated rings. The number of aromatic nitrogens is 2. The molecule has 0 bridgehead atoms. The molecule has 5 rings (SSSR count). The van der Waals surface area contributed by atoms with Crippen molar-refractivity contribution in [2.45, 2.75) is 13.8 Å². The number of thiophene rings is 2. The van der Waals surface area contributed by atoms with Crippen molar-refractivity contribution in [3.8, 4) is 0 Å². The minimum atomic E-state index is 0.984. The minimum Gasteiger partial charge on any atom is -0.244 e. The third-order valence-corrected chi connectivity index (χ3v) is 6.32. The maximum Gasteiger partial charge on any atom is 0.0988 e. The Morgan fingerprint density at radius 2 is 1.18 bits per heavy atom. The minimum absolute atomic E-state index is 0.984. The molecule has 5 aromatic rings. The maximum absolute atomic E-state index is 4.96. The Kier molecular flexibility index (Phi) is 2.41. The Labute approximate surface area is 135 Å². The molecule has 3 aromatic heterocycles. The van der Waals surface area contributed by atoms with Crippen LogP contribution in [0.25, 0.3) is 42.2 Å². The van der Waals surface area contributed by atoms with Crippen LogP contribution in [0, 0.1) is 13.8 Å². The van der Waals surface area contributed by atoms with Crippen LogP contribution >= 0.6 is 22.7 Å². The third-order valence-electron chi connectivity index (χ3n) is 4.33. The smallest absolute Gasteiger partial charge is 0.0988 e. The summed E-state index contributed by atoms with van der Waals surface area (Å²) in [6.45, 7) is 4.26. The largest absolute Gasteiger partial charge is 0.244 e. The highest BCUT2D eigenvalue weighted by Crippen LogP contribution is 2.39. The van der Waals surface area contributed by atoms with Crippen LogP contribution in [-0.2, 0) is 0 Å². The highest BCUT2D eigenvalue weighted by atomic mass is 32.1. The molecule has 2 nitrogen and oxygen atoms in total. The van der Waals surface area contributed by atoms with Gasteiger partial charge in [0.1, 0.15) is 0 Å². The Morgan fingerprint density at radius 3 is 1.64 bits per heavy atom. The Morgan fingerprint density at radius 1 is 0.727 bits per heavy atom. The van der Waals surface area contributed by atoms with E-state index in [0.717, 1.165) is 22.1 Å². The number of hydrogen-bond donors (Lipinski definition) is 0. The second-order valence-electron chi connectivity index (χ2n) is 5.67. The summed E-state index contributed by atoms with van der Waals surface area (Å²) in [7, 11) is 0. The standard InChI is InChI=1S/C18H12N2S2/c1-9-7-13-14(8-10(9)2)20-16-12-4-6-22-18(12)17-11(3-5-21-17)15(16)19-13/h3-8H,1-2H3. The number of hydrogen-bond acceptors (Lipinski definition) is 4. The molecule has 0 N–H and O–H groups in total. The molecule has 0 amide bonds. The van der Waals surface area contributed by atoms with Crippen LogP contribution in [-0.4, -0.2) is 9.97 Å². The van der Waals surface area contributed by atoms with Crippen LogP contribution in [0.1, 0.15) is 11.1 Å². The summed E-state index contributed by atoms with van der Waals surface area (Å²) in [5.41, 5.74) is 6.55. The van der Waals surface area contributed by atoms with E-state index in [2.05, 4.69) is 48.9 Å². The molecule has 0 unspecified atom stereocenters. The average molecular weight is 320 g/mol. The van der Waals surface area contributed by atoms with Crippen molar-refractivity contribution in [2.24, 2.45) is 0 Å². The van der Waals surface area contributed by atoms with Gasteiger partial charge in [-0.2, -0.15) is 0 Å². The molecule has 106 valence electrons. The van der Waals surface area contributed by atoms with Gasteiger partial charge in [0.05, 0.1) is 31.5 Å². The summed E-state index contributed by atoms with van der Waals surface area (Å²) >= 11 is 3.58. The molecule has 22 heavy (non-hydrogen) atoms. The first-order valence-electron chi connectivity index (χ1n) is 7.17. The fraction of sp³-hybridized carbons (Fsp3) is 0.111. The second kappa shape index (κ2) is 4.24. The summed E-state index contributed by atoms with van der Waals surface area (Å²) in [6, 6.07) is 8.63. The van der Waals surface area contributed by atoms with E-state index in [4.69, 9.17) is 9.97 Å². The van der Waals surface area contributed by atoms with Crippen molar-refractivity contribution in [3.05, 3.63) is 46.2 Å².